The van der Waals surface area contributed by atoms with Gasteiger partial charge in [0.1, 0.15) is 0 Å². The number of hydrogen-bond acceptors (Lipinski definition) is 3. The first-order valence-corrected chi connectivity index (χ1v) is 7.86. The van der Waals surface area contributed by atoms with Crippen LogP contribution in [0.15, 0.2) is 0 Å². The molecule has 1 atom stereocenters. The van der Waals surface area contributed by atoms with Crippen molar-refractivity contribution in [2.75, 3.05) is 18.1 Å². The Morgan fingerprint density at radius 2 is 2.19 bits per heavy atom. The average Bonchev–Trinajstić information content (AvgIpc) is 2.40. The predicted molar refractivity (Wildman–Crippen MR) is 70.3 cm³/mol. The third kappa shape index (κ3) is 4.25. The monoisotopic (exact) mass is 264 g/mol. The topological polar surface area (TPSA) is 58.2 Å². The van der Waals surface area contributed by atoms with Gasteiger partial charge in [0, 0.05) is 6.54 Å². The van der Waals surface area contributed by atoms with E-state index in [4.69, 9.17) is 12.2 Å². The van der Waals surface area contributed by atoms with E-state index in [2.05, 4.69) is 17.6 Å². The van der Waals surface area contributed by atoms with Crippen LogP contribution in [0.1, 0.15) is 33.1 Å². The van der Waals surface area contributed by atoms with Gasteiger partial charge < -0.3 is 10.6 Å². The molecule has 0 bridgehead atoms. The molecule has 0 spiro atoms. The summed E-state index contributed by atoms with van der Waals surface area (Å²) < 4.78 is 22.8. The van der Waals surface area contributed by atoms with Crippen molar-refractivity contribution in [3.63, 3.8) is 0 Å². The molecular formula is C10H20N2O2S2. The fourth-order valence-corrected chi connectivity index (χ4v) is 4.25. The molecule has 2 N–H and O–H groups in total. The van der Waals surface area contributed by atoms with Crippen LogP contribution in [0.2, 0.25) is 0 Å². The van der Waals surface area contributed by atoms with Gasteiger partial charge in [0.25, 0.3) is 0 Å². The van der Waals surface area contributed by atoms with Gasteiger partial charge in [-0.1, -0.05) is 13.3 Å². The molecule has 1 aliphatic heterocycles. The summed E-state index contributed by atoms with van der Waals surface area (Å²) in [5.74, 6) is 0.434. The lowest BCUT2D eigenvalue weighted by Gasteiger charge is -2.25. The number of thiocarbonyl (C=S) groups is 1. The van der Waals surface area contributed by atoms with Crippen LogP contribution in [0, 0.1) is 0 Å². The molecule has 6 heteroatoms. The molecule has 0 radical (unpaired) electrons. The van der Waals surface area contributed by atoms with Crippen LogP contribution in [-0.4, -0.2) is 37.1 Å². The number of rotatable bonds is 4. The fourth-order valence-electron chi connectivity index (χ4n) is 1.81. The molecule has 1 heterocycles. The van der Waals surface area contributed by atoms with Crippen molar-refractivity contribution in [2.24, 2.45) is 0 Å². The Kier molecular flexibility index (Phi) is 4.55. The molecule has 1 aliphatic rings. The highest BCUT2D eigenvalue weighted by Gasteiger charge is 2.38. The minimum atomic E-state index is -2.87. The maximum absolute atomic E-state index is 11.4. The normalized spacial score (nSPS) is 27.6. The average molecular weight is 264 g/mol. The highest BCUT2D eigenvalue weighted by Crippen LogP contribution is 2.22. The van der Waals surface area contributed by atoms with Crippen molar-refractivity contribution in [3.05, 3.63) is 0 Å². The van der Waals surface area contributed by atoms with E-state index >= 15 is 0 Å². The van der Waals surface area contributed by atoms with Crippen molar-refractivity contribution in [1.29, 1.82) is 0 Å². The maximum atomic E-state index is 11.4. The molecule has 1 rings (SSSR count). The molecule has 0 unspecified atom stereocenters. The molecule has 0 aromatic carbocycles. The van der Waals surface area contributed by atoms with Crippen molar-refractivity contribution in [1.82, 2.24) is 10.6 Å². The van der Waals surface area contributed by atoms with Gasteiger partial charge in [-0.3, -0.25) is 0 Å². The van der Waals surface area contributed by atoms with Crippen molar-refractivity contribution < 1.29 is 8.42 Å². The minimum absolute atomic E-state index is 0.176. The predicted octanol–water partition coefficient (Wildman–Crippen LogP) is 0.828. The lowest BCUT2D eigenvalue weighted by atomic mass is 10.0. The maximum Gasteiger partial charge on any atom is 0.166 e. The highest BCUT2D eigenvalue weighted by atomic mass is 32.2. The van der Waals surface area contributed by atoms with Gasteiger partial charge in [-0.15, -0.1) is 0 Å². The lowest BCUT2D eigenvalue weighted by molar-refractivity contribution is 0.467. The minimum Gasteiger partial charge on any atom is -0.363 e. The van der Waals surface area contributed by atoms with Crippen molar-refractivity contribution in [3.8, 4) is 0 Å². The van der Waals surface area contributed by atoms with Crippen LogP contribution >= 0.6 is 12.2 Å². The summed E-state index contributed by atoms with van der Waals surface area (Å²) in [5, 5.41) is 6.76. The van der Waals surface area contributed by atoms with Gasteiger partial charge in [-0.2, -0.15) is 0 Å². The first-order chi connectivity index (χ1) is 7.37. The molecule has 0 amide bonds. The molecule has 1 fully saturated rings. The van der Waals surface area contributed by atoms with Crippen LogP contribution in [-0.2, 0) is 9.84 Å². The number of sulfone groups is 1. The van der Waals surface area contributed by atoms with E-state index in [1.54, 1.807) is 0 Å². The Balaban J connectivity index is 2.39. The van der Waals surface area contributed by atoms with Gasteiger partial charge in [0.15, 0.2) is 14.9 Å². The fraction of sp³-hybridized carbons (Fsp3) is 0.900. The Morgan fingerprint density at radius 3 is 2.69 bits per heavy atom. The second kappa shape index (κ2) is 5.31. The quantitative estimate of drug-likeness (QED) is 0.582. The van der Waals surface area contributed by atoms with Crippen LogP contribution in [0.4, 0.5) is 0 Å². The summed E-state index contributed by atoms with van der Waals surface area (Å²) in [6.45, 7) is 4.86. The summed E-state index contributed by atoms with van der Waals surface area (Å²) in [7, 11) is -2.87. The summed E-state index contributed by atoms with van der Waals surface area (Å²) in [5.41, 5.74) is -0.394. The molecule has 1 saturated heterocycles. The number of unbranched alkanes of at least 4 members (excludes halogenated alkanes) is 1. The van der Waals surface area contributed by atoms with E-state index in [-0.39, 0.29) is 11.5 Å². The lowest BCUT2D eigenvalue weighted by Crippen LogP contribution is -2.51. The van der Waals surface area contributed by atoms with Crippen LogP contribution in [0.5, 0.6) is 0 Å². The van der Waals surface area contributed by atoms with Gasteiger partial charge in [-0.25, -0.2) is 8.42 Å². The second-order valence-electron chi connectivity index (χ2n) is 4.64. The van der Waals surface area contributed by atoms with Crippen molar-refractivity contribution in [2.45, 2.75) is 38.6 Å². The molecule has 0 saturated carbocycles. The van der Waals surface area contributed by atoms with E-state index in [1.165, 1.54) is 0 Å². The smallest absolute Gasteiger partial charge is 0.166 e. The molecular weight excluding hydrogens is 244 g/mol. The standard InChI is InChI=1S/C10H20N2O2S2/c1-3-4-6-11-9(15)12-10(2)5-7-16(13,14)8-10/h3-8H2,1-2H3,(H2,11,12,15)/t10-/m0/s1. The molecule has 0 aromatic rings. The number of nitrogens with one attached hydrogen (secondary N) is 2. The van der Waals surface area contributed by atoms with E-state index in [0.29, 0.717) is 11.5 Å². The second-order valence-corrected chi connectivity index (χ2v) is 7.23. The Bertz CT molecular complexity index is 354. The third-order valence-corrected chi connectivity index (χ3v) is 4.88. The van der Waals surface area contributed by atoms with Crippen LogP contribution < -0.4 is 10.6 Å². The zero-order valence-corrected chi connectivity index (χ0v) is 11.5. The molecule has 0 aliphatic carbocycles. The summed E-state index contributed by atoms with van der Waals surface area (Å²) in [4.78, 5) is 0. The van der Waals surface area contributed by atoms with E-state index in [1.807, 2.05) is 6.92 Å². The molecule has 94 valence electrons. The van der Waals surface area contributed by atoms with Crippen molar-refractivity contribution >= 4 is 27.2 Å². The van der Waals surface area contributed by atoms with E-state index in [0.717, 1.165) is 19.4 Å². The molecule has 16 heavy (non-hydrogen) atoms. The SMILES string of the molecule is CCCCNC(=S)N[C@@]1(C)CCS(=O)(=O)C1. The summed E-state index contributed by atoms with van der Waals surface area (Å²) in [6, 6.07) is 0. The first-order valence-electron chi connectivity index (χ1n) is 5.63. The molecule has 4 nitrogen and oxygen atoms in total. The van der Waals surface area contributed by atoms with Gasteiger partial charge >= 0.3 is 0 Å². The van der Waals surface area contributed by atoms with Gasteiger partial charge in [0.2, 0.25) is 0 Å². The largest absolute Gasteiger partial charge is 0.363 e. The van der Waals surface area contributed by atoms with E-state index < -0.39 is 15.4 Å². The van der Waals surface area contributed by atoms with Crippen LogP contribution in [0.3, 0.4) is 0 Å². The van der Waals surface area contributed by atoms with Crippen LogP contribution in [0.25, 0.3) is 0 Å². The Hall–Kier alpha value is -0.360. The third-order valence-electron chi connectivity index (χ3n) is 2.73. The Labute approximate surface area is 103 Å². The molecule has 0 aromatic heterocycles. The highest BCUT2D eigenvalue weighted by molar-refractivity contribution is 7.91. The first kappa shape index (κ1) is 13.7. The summed E-state index contributed by atoms with van der Waals surface area (Å²) in [6.07, 6.45) is 2.81. The Morgan fingerprint density at radius 1 is 1.50 bits per heavy atom. The van der Waals surface area contributed by atoms with Gasteiger partial charge in [-0.05, 0) is 32.0 Å². The number of hydrogen-bond donors (Lipinski definition) is 2. The van der Waals surface area contributed by atoms with Gasteiger partial charge in [0.05, 0.1) is 17.0 Å². The summed E-state index contributed by atoms with van der Waals surface area (Å²) >= 11 is 5.13. The van der Waals surface area contributed by atoms with E-state index in [9.17, 15) is 8.42 Å². The zero-order valence-electron chi connectivity index (χ0n) is 9.88. The zero-order chi connectivity index (χ0) is 12.2.